The quantitative estimate of drug-likeness (QED) is 0.578. The molecule has 1 aliphatic rings. The van der Waals surface area contributed by atoms with E-state index in [1.165, 1.54) is 0 Å². The second kappa shape index (κ2) is 6.93. The minimum absolute atomic E-state index is 0.0723. The summed E-state index contributed by atoms with van der Waals surface area (Å²) < 4.78 is 5.65. The van der Waals surface area contributed by atoms with Crippen LogP contribution >= 0.6 is 23.2 Å². The summed E-state index contributed by atoms with van der Waals surface area (Å²) >= 11 is 12.7. The van der Waals surface area contributed by atoms with Gasteiger partial charge in [-0.25, -0.2) is 0 Å². The molecule has 2 rings (SSSR count). The first-order valence-corrected chi connectivity index (χ1v) is 7.99. The second-order valence-corrected chi connectivity index (χ2v) is 6.22. The van der Waals surface area contributed by atoms with Gasteiger partial charge in [-0.1, -0.05) is 30.3 Å². The van der Waals surface area contributed by atoms with Gasteiger partial charge in [-0.05, 0) is 32.1 Å². The first-order chi connectivity index (χ1) is 9.61. The van der Waals surface area contributed by atoms with Crippen molar-refractivity contribution in [3.05, 3.63) is 35.9 Å². The minimum Gasteiger partial charge on any atom is -0.378 e. The molecule has 1 aromatic carbocycles. The van der Waals surface area contributed by atoms with E-state index in [1.54, 1.807) is 12.1 Å². The lowest BCUT2D eigenvalue weighted by atomic mass is 9.85. The third-order valence-electron chi connectivity index (χ3n) is 4.04. The molecule has 0 radical (unpaired) electrons. The summed E-state index contributed by atoms with van der Waals surface area (Å²) in [6.45, 7) is 2.68. The zero-order chi connectivity index (χ0) is 14.6. The predicted molar refractivity (Wildman–Crippen MR) is 82.8 cm³/mol. The Morgan fingerprint density at radius 3 is 2.65 bits per heavy atom. The molecule has 0 bridgehead atoms. The minimum atomic E-state index is -1.02. The Labute approximate surface area is 130 Å². The fourth-order valence-corrected chi connectivity index (χ4v) is 3.57. The molecule has 4 heteroatoms. The summed E-state index contributed by atoms with van der Waals surface area (Å²) in [6, 6.07) is 9.16. The normalized spacial score (nSPS) is 25.4. The topological polar surface area (TPSA) is 26.3 Å². The SMILES string of the molecule is CCOC1CCC(C(Cl)(CCl)C(=O)c2ccccc2)C1. The Bertz CT molecular complexity index is 449. The van der Waals surface area contributed by atoms with Crippen molar-refractivity contribution in [1.29, 1.82) is 0 Å². The van der Waals surface area contributed by atoms with Gasteiger partial charge in [0.05, 0.1) is 6.10 Å². The highest BCUT2D eigenvalue weighted by Crippen LogP contribution is 2.42. The van der Waals surface area contributed by atoms with Crippen LogP contribution in [-0.2, 0) is 4.74 Å². The number of hydrogen-bond donors (Lipinski definition) is 0. The molecule has 20 heavy (non-hydrogen) atoms. The van der Waals surface area contributed by atoms with Crippen molar-refractivity contribution in [3.63, 3.8) is 0 Å². The summed E-state index contributed by atoms with van der Waals surface area (Å²) in [4.78, 5) is 11.7. The van der Waals surface area contributed by atoms with Gasteiger partial charge < -0.3 is 4.74 Å². The molecule has 1 saturated carbocycles. The van der Waals surface area contributed by atoms with Gasteiger partial charge in [-0.2, -0.15) is 0 Å². The van der Waals surface area contributed by atoms with E-state index in [0.29, 0.717) is 12.2 Å². The van der Waals surface area contributed by atoms with E-state index in [4.69, 9.17) is 27.9 Å². The van der Waals surface area contributed by atoms with Gasteiger partial charge in [0.15, 0.2) is 5.78 Å². The van der Waals surface area contributed by atoms with Gasteiger partial charge in [-0.3, -0.25) is 4.79 Å². The van der Waals surface area contributed by atoms with E-state index in [9.17, 15) is 4.79 Å². The van der Waals surface area contributed by atoms with E-state index >= 15 is 0 Å². The van der Waals surface area contributed by atoms with Crippen LogP contribution in [-0.4, -0.2) is 29.2 Å². The number of alkyl halides is 2. The van der Waals surface area contributed by atoms with Crippen molar-refractivity contribution in [2.24, 2.45) is 5.92 Å². The van der Waals surface area contributed by atoms with Crippen molar-refractivity contribution in [3.8, 4) is 0 Å². The van der Waals surface area contributed by atoms with Gasteiger partial charge in [-0.15, -0.1) is 23.2 Å². The molecular formula is C16H20Cl2O2. The number of Topliss-reactive ketones (excluding diaryl/α,β-unsaturated/α-hetero) is 1. The van der Waals surface area contributed by atoms with Gasteiger partial charge in [0.1, 0.15) is 4.87 Å². The summed E-state index contributed by atoms with van der Waals surface area (Å²) in [5.41, 5.74) is 0.628. The first-order valence-electron chi connectivity index (χ1n) is 7.08. The highest BCUT2D eigenvalue weighted by molar-refractivity contribution is 6.42. The number of benzene rings is 1. The van der Waals surface area contributed by atoms with Crippen LogP contribution in [0.2, 0.25) is 0 Å². The van der Waals surface area contributed by atoms with Crippen molar-refractivity contribution in [2.75, 3.05) is 12.5 Å². The van der Waals surface area contributed by atoms with Crippen LogP contribution in [0.15, 0.2) is 30.3 Å². The average molecular weight is 315 g/mol. The zero-order valence-electron chi connectivity index (χ0n) is 11.6. The van der Waals surface area contributed by atoms with E-state index in [-0.39, 0.29) is 23.7 Å². The van der Waals surface area contributed by atoms with Gasteiger partial charge >= 0.3 is 0 Å². The Balaban J connectivity index is 2.15. The van der Waals surface area contributed by atoms with Crippen LogP contribution in [0.4, 0.5) is 0 Å². The predicted octanol–water partition coefficient (Wildman–Crippen LogP) is 4.29. The maximum Gasteiger partial charge on any atom is 0.185 e. The fourth-order valence-electron chi connectivity index (χ4n) is 2.93. The highest BCUT2D eigenvalue weighted by Gasteiger charge is 2.46. The van der Waals surface area contributed by atoms with Crippen LogP contribution in [0.1, 0.15) is 36.5 Å². The highest BCUT2D eigenvalue weighted by atomic mass is 35.5. The molecule has 0 aromatic heterocycles. The van der Waals surface area contributed by atoms with Crippen molar-refractivity contribution >= 4 is 29.0 Å². The smallest absolute Gasteiger partial charge is 0.185 e. The molecule has 1 aromatic rings. The molecule has 0 spiro atoms. The standard InChI is InChI=1S/C16H20Cl2O2/c1-2-20-14-9-8-13(10-14)16(18,11-17)15(19)12-6-4-3-5-7-12/h3-7,13-14H,2,8-11H2,1H3. The van der Waals surface area contributed by atoms with Gasteiger partial charge in [0.25, 0.3) is 0 Å². The molecule has 1 fully saturated rings. The van der Waals surface area contributed by atoms with E-state index in [2.05, 4.69) is 0 Å². The number of ketones is 1. The van der Waals surface area contributed by atoms with Crippen LogP contribution < -0.4 is 0 Å². The van der Waals surface area contributed by atoms with Crippen LogP contribution in [0.5, 0.6) is 0 Å². The fraction of sp³-hybridized carbons (Fsp3) is 0.562. The summed E-state index contributed by atoms with van der Waals surface area (Å²) in [7, 11) is 0. The van der Waals surface area contributed by atoms with Crippen molar-refractivity contribution in [2.45, 2.75) is 37.2 Å². The Kier molecular flexibility index (Phi) is 5.48. The number of carbonyl (C=O) groups excluding carboxylic acids is 1. The third kappa shape index (κ3) is 3.19. The van der Waals surface area contributed by atoms with E-state index < -0.39 is 4.87 Å². The second-order valence-electron chi connectivity index (χ2n) is 5.28. The zero-order valence-corrected chi connectivity index (χ0v) is 13.2. The average Bonchev–Trinajstić information content (AvgIpc) is 2.96. The lowest BCUT2D eigenvalue weighted by Gasteiger charge is -2.30. The molecule has 1 aliphatic carbocycles. The molecule has 0 heterocycles. The van der Waals surface area contributed by atoms with E-state index in [0.717, 1.165) is 19.3 Å². The van der Waals surface area contributed by atoms with Crippen molar-refractivity contribution < 1.29 is 9.53 Å². The molecule has 0 N–H and O–H groups in total. The number of carbonyl (C=O) groups is 1. The molecule has 110 valence electrons. The summed E-state index contributed by atoms with van der Waals surface area (Å²) in [5, 5.41) is 0. The van der Waals surface area contributed by atoms with Gasteiger partial charge in [0.2, 0.25) is 0 Å². The number of rotatable bonds is 6. The molecule has 0 amide bonds. The Hall–Kier alpha value is -0.570. The Morgan fingerprint density at radius 1 is 1.35 bits per heavy atom. The maximum atomic E-state index is 12.7. The number of halogens is 2. The Morgan fingerprint density at radius 2 is 2.05 bits per heavy atom. The number of hydrogen-bond acceptors (Lipinski definition) is 2. The molecule has 3 unspecified atom stereocenters. The number of ether oxygens (including phenoxy) is 1. The lowest BCUT2D eigenvalue weighted by Crippen LogP contribution is -2.42. The molecule has 3 atom stereocenters. The third-order valence-corrected chi connectivity index (χ3v) is 5.21. The van der Waals surface area contributed by atoms with Crippen molar-refractivity contribution in [1.82, 2.24) is 0 Å². The van der Waals surface area contributed by atoms with Crippen LogP contribution in [0.3, 0.4) is 0 Å². The van der Waals surface area contributed by atoms with Crippen LogP contribution in [0, 0.1) is 5.92 Å². The largest absolute Gasteiger partial charge is 0.378 e. The maximum absolute atomic E-state index is 12.7. The molecule has 0 aliphatic heterocycles. The summed E-state index contributed by atoms with van der Waals surface area (Å²) in [5.74, 6) is 0.133. The molecule has 2 nitrogen and oxygen atoms in total. The molecular weight excluding hydrogens is 295 g/mol. The first kappa shape index (κ1) is 15.8. The molecule has 0 saturated heterocycles. The summed E-state index contributed by atoms with van der Waals surface area (Å²) in [6.07, 6.45) is 2.85. The monoisotopic (exact) mass is 314 g/mol. The lowest BCUT2D eigenvalue weighted by molar-refractivity contribution is 0.0630. The van der Waals surface area contributed by atoms with E-state index in [1.807, 2.05) is 25.1 Å². The van der Waals surface area contributed by atoms with Gasteiger partial charge in [0, 0.05) is 18.1 Å². The van der Waals surface area contributed by atoms with Crippen LogP contribution in [0.25, 0.3) is 0 Å².